The lowest BCUT2D eigenvalue weighted by Crippen LogP contribution is -2.26. The first kappa shape index (κ1) is 32.6. The molecule has 0 spiro atoms. The van der Waals surface area contributed by atoms with Gasteiger partial charge in [0, 0.05) is 28.5 Å². The SMILES string of the molecule is C=C(C)C(=O)OCC(COc1ccc2cc(-c3ccc(CCCCC)cc3OC(F)(F)F)c(=O)oc2c1)CC(F)(F)F. The summed E-state index contributed by atoms with van der Waals surface area (Å²) in [7, 11) is 0. The third-order valence-electron chi connectivity index (χ3n) is 6.14. The molecule has 0 aliphatic carbocycles. The van der Waals surface area contributed by atoms with E-state index in [2.05, 4.69) is 11.3 Å². The van der Waals surface area contributed by atoms with E-state index in [4.69, 9.17) is 13.9 Å². The summed E-state index contributed by atoms with van der Waals surface area (Å²) in [5, 5.41) is 0.323. The minimum Gasteiger partial charge on any atom is -0.493 e. The van der Waals surface area contributed by atoms with Gasteiger partial charge < -0.3 is 18.6 Å². The zero-order chi connectivity index (χ0) is 31.1. The number of hydrogen-bond donors (Lipinski definition) is 0. The first-order valence-corrected chi connectivity index (χ1v) is 13.1. The van der Waals surface area contributed by atoms with Crippen LogP contribution in [0.5, 0.6) is 11.5 Å². The number of benzene rings is 2. The molecule has 0 amide bonds. The smallest absolute Gasteiger partial charge is 0.493 e. The van der Waals surface area contributed by atoms with E-state index in [1.807, 2.05) is 6.92 Å². The van der Waals surface area contributed by atoms with Crippen LogP contribution in [0, 0.1) is 5.92 Å². The highest BCUT2D eigenvalue weighted by atomic mass is 19.4. The van der Waals surface area contributed by atoms with Crippen molar-refractivity contribution in [1.82, 2.24) is 0 Å². The molecule has 1 aromatic heterocycles. The van der Waals surface area contributed by atoms with Crippen molar-refractivity contribution in [2.24, 2.45) is 5.92 Å². The van der Waals surface area contributed by atoms with Gasteiger partial charge in [-0.25, -0.2) is 9.59 Å². The standard InChI is InChI=1S/C30H30F6O6/c1-4-5-6-7-19-8-11-23(26(12-19)42-30(34,35)36)24-13-21-9-10-22(14-25(21)41-28(24)38)39-16-20(15-29(31,32)33)17-40-27(37)18(2)3/h8-14,20H,2,4-7,15-17H2,1,3H3. The topological polar surface area (TPSA) is 75.0 Å². The van der Waals surface area contributed by atoms with Gasteiger partial charge >= 0.3 is 24.1 Å². The van der Waals surface area contributed by atoms with Crippen LogP contribution in [0.4, 0.5) is 26.3 Å². The second kappa shape index (κ2) is 13.8. The molecular weight excluding hydrogens is 570 g/mol. The van der Waals surface area contributed by atoms with Crippen LogP contribution in [0.3, 0.4) is 0 Å². The molecule has 0 radical (unpaired) electrons. The van der Waals surface area contributed by atoms with E-state index in [1.165, 1.54) is 43.3 Å². The number of fused-ring (bicyclic) bond motifs is 1. The molecule has 0 saturated carbocycles. The van der Waals surface area contributed by atoms with Crippen molar-refractivity contribution in [2.75, 3.05) is 13.2 Å². The zero-order valence-electron chi connectivity index (χ0n) is 23.0. The summed E-state index contributed by atoms with van der Waals surface area (Å²) in [6.07, 6.45) is -7.65. The number of carbonyl (C=O) groups excluding carboxylic acids is 1. The second-order valence-electron chi connectivity index (χ2n) is 9.86. The van der Waals surface area contributed by atoms with E-state index in [0.717, 1.165) is 19.3 Å². The number of ether oxygens (including phenoxy) is 3. The summed E-state index contributed by atoms with van der Waals surface area (Å²) in [4.78, 5) is 24.5. The molecule has 0 aliphatic heterocycles. The summed E-state index contributed by atoms with van der Waals surface area (Å²) in [6.45, 7) is 5.71. The third-order valence-corrected chi connectivity index (χ3v) is 6.14. The Morgan fingerprint density at radius 2 is 1.71 bits per heavy atom. The number of carbonyl (C=O) groups is 1. The fourth-order valence-electron chi connectivity index (χ4n) is 4.13. The number of halogens is 6. The number of hydrogen-bond acceptors (Lipinski definition) is 6. The van der Waals surface area contributed by atoms with Crippen molar-refractivity contribution >= 4 is 16.9 Å². The van der Waals surface area contributed by atoms with Crippen LogP contribution in [0.1, 0.15) is 45.1 Å². The monoisotopic (exact) mass is 600 g/mol. The molecule has 0 N–H and O–H groups in total. The average molecular weight is 601 g/mol. The van der Waals surface area contributed by atoms with Gasteiger partial charge in [-0.3, -0.25) is 0 Å². The average Bonchev–Trinajstić information content (AvgIpc) is 2.88. The summed E-state index contributed by atoms with van der Waals surface area (Å²) in [5.74, 6) is -2.53. The Morgan fingerprint density at radius 3 is 2.36 bits per heavy atom. The Bertz CT molecular complexity index is 1460. The van der Waals surface area contributed by atoms with Crippen molar-refractivity contribution in [3.63, 3.8) is 0 Å². The van der Waals surface area contributed by atoms with E-state index in [-0.39, 0.29) is 28.0 Å². The molecular formula is C30H30F6O6. The van der Waals surface area contributed by atoms with Gasteiger partial charge in [0.1, 0.15) is 17.1 Å². The lowest BCUT2D eigenvalue weighted by atomic mass is 10.00. The predicted molar refractivity (Wildman–Crippen MR) is 143 cm³/mol. The van der Waals surface area contributed by atoms with E-state index in [9.17, 15) is 35.9 Å². The van der Waals surface area contributed by atoms with E-state index in [1.54, 1.807) is 6.07 Å². The minimum absolute atomic E-state index is 0.00296. The molecule has 42 heavy (non-hydrogen) atoms. The molecule has 0 bridgehead atoms. The maximum Gasteiger partial charge on any atom is 0.573 e. The van der Waals surface area contributed by atoms with Crippen molar-refractivity contribution < 1.29 is 49.8 Å². The van der Waals surface area contributed by atoms with Crippen molar-refractivity contribution in [2.45, 2.75) is 58.5 Å². The number of rotatable bonds is 13. The van der Waals surface area contributed by atoms with Gasteiger partial charge in [0.15, 0.2) is 0 Å². The van der Waals surface area contributed by atoms with Crippen LogP contribution in [-0.4, -0.2) is 31.7 Å². The van der Waals surface area contributed by atoms with Crippen LogP contribution in [0.15, 0.2) is 63.8 Å². The number of aryl methyl sites for hydroxylation is 1. The molecule has 1 unspecified atom stereocenters. The quantitative estimate of drug-likeness (QED) is 0.0648. The zero-order valence-corrected chi connectivity index (χ0v) is 23.0. The largest absolute Gasteiger partial charge is 0.573 e. The molecule has 0 fully saturated rings. The molecule has 3 aromatic rings. The van der Waals surface area contributed by atoms with Gasteiger partial charge in [0.2, 0.25) is 0 Å². The van der Waals surface area contributed by atoms with Gasteiger partial charge in [-0.1, -0.05) is 38.5 Å². The Hall–Kier alpha value is -3.96. The van der Waals surface area contributed by atoms with Crippen molar-refractivity contribution in [1.29, 1.82) is 0 Å². The first-order chi connectivity index (χ1) is 19.6. The van der Waals surface area contributed by atoms with Gasteiger partial charge in [-0.2, -0.15) is 13.2 Å². The number of alkyl halides is 6. The van der Waals surface area contributed by atoms with Crippen LogP contribution in [0.25, 0.3) is 22.1 Å². The predicted octanol–water partition coefficient (Wildman–Crippen LogP) is 8.16. The summed E-state index contributed by atoms with van der Waals surface area (Å²) in [5.41, 5.74) is -0.576. The molecule has 1 atom stereocenters. The summed E-state index contributed by atoms with van der Waals surface area (Å²) >= 11 is 0. The Labute approximate surface area is 237 Å². The first-order valence-electron chi connectivity index (χ1n) is 13.1. The molecule has 2 aromatic carbocycles. The minimum atomic E-state index is -4.99. The van der Waals surface area contributed by atoms with Crippen molar-refractivity contribution in [3.8, 4) is 22.6 Å². The Morgan fingerprint density at radius 1 is 0.976 bits per heavy atom. The molecule has 1 heterocycles. The molecule has 0 saturated heterocycles. The molecule has 6 nitrogen and oxygen atoms in total. The summed E-state index contributed by atoms with van der Waals surface area (Å²) in [6, 6.07) is 9.71. The van der Waals surface area contributed by atoms with Crippen LogP contribution >= 0.6 is 0 Å². The van der Waals surface area contributed by atoms with Crippen molar-refractivity contribution in [3.05, 3.63) is 70.6 Å². The van der Waals surface area contributed by atoms with Gasteiger partial charge in [0.25, 0.3) is 0 Å². The maximum atomic E-state index is 13.2. The maximum absolute atomic E-state index is 13.2. The molecule has 228 valence electrons. The molecule has 12 heteroatoms. The highest BCUT2D eigenvalue weighted by Gasteiger charge is 2.34. The normalized spacial score (nSPS) is 12.7. The fraction of sp³-hybridized carbons (Fsp3) is 0.400. The Kier molecular flexibility index (Phi) is 10.7. The molecule has 3 rings (SSSR count). The van der Waals surface area contributed by atoms with Crippen LogP contribution in [-0.2, 0) is 16.0 Å². The highest BCUT2D eigenvalue weighted by molar-refractivity contribution is 5.87. The van der Waals surface area contributed by atoms with Gasteiger partial charge in [-0.15, -0.1) is 13.2 Å². The number of unbranched alkanes of at least 4 members (excludes halogenated alkanes) is 2. The van der Waals surface area contributed by atoms with E-state index in [0.29, 0.717) is 17.4 Å². The number of esters is 1. The summed E-state index contributed by atoms with van der Waals surface area (Å²) < 4.78 is 98.5. The van der Waals surface area contributed by atoms with E-state index < -0.39 is 55.4 Å². The van der Waals surface area contributed by atoms with Gasteiger partial charge in [0.05, 0.1) is 25.2 Å². The van der Waals surface area contributed by atoms with Crippen LogP contribution < -0.4 is 15.1 Å². The highest BCUT2D eigenvalue weighted by Crippen LogP contribution is 2.35. The lowest BCUT2D eigenvalue weighted by molar-refractivity contribution is -0.274. The third kappa shape index (κ3) is 9.85. The molecule has 0 aliphatic rings. The van der Waals surface area contributed by atoms with E-state index >= 15 is 0 Å². The fourth-order valence-corrected chi connectivity index (χ4v) is 4.13. The van der Waals surface area contributed by atoms with Gasteiger partial charge in [-0.05, 0) is 49.6 Å². The van der Waals surface area contributed by atoms with Crippen LogP contribution in [0.2, 0.25) is 0 Å². The Balaban J connectivity index is 1.86. The second-order valence-corrected chi connectivity index (χ2v) is 9.86. The lowest BCUT2D eigenvalue weighted by Gasteiger charge is -2.19.